The van der Waals surface area contributed by atoms with Crippen LogP contribution < -0.4 is 5.32 Å². The first-order valence-corrected chi connectivity index (χ1v) is 6.20. The monoisotopic (exact) mass is 269 g/mol. The van der Waals surface area contributed by atoms with E-state index in [1.165, 1.54) is 21.3 Å². The molecule has 0 radical (unpaired) electrons. The van der Waals surface area contributed by atoms with Gasteiger partial charge in [0, 0.05) is 17.2 Å². The second-order valence-electron chi connectivity index (χ2n) is 4.63. The summed E-state index contributed by atoms with van der Waals surface area (Å²) < 4.78 is 1.17. The van der Waals surface area contributed by atoms with Crippen LogP contribution in [0.15, 0.2) is 16.6 Å². The van der Waals surface area contributed by atoms with Gasteiger partial charge in [0.1, 0.15) is 0 Å². The van der Waals surface area contributed by atoms with E-state index in [1.54, 1.807) is 0 Å². The minimum Gasteiger partial charge on any atom is -0.388 e. The molecule has 1 N–H and O–H groups in total. The summed E-state index contributed by atoms with van der Waals surface area (Å²) in [6, 6.07) is 4.45. The molecule has 0 saturated carbocycles. The molecule has 0 aromatic heterocycles. The van der Waals surface area contributed by atoms with Gasteiger partial charge in [-0.1, -0.05) is 42.8 Å². The van der Waals surface area contributed by atoms with Crippen LogP contribution in [0.3, 0.4) is 0 Å². The van der Waals surface area contributed by atoms with Crippen LogP contribution >= 0.6 is 15.9 Å². The van der Waals surface area contributed by atoms with Crippen molar-refractivity contribution in [3.05, 3.63) is 27.7 Å². The molecule has 0 fully saturated rings. The number of anilines is 1. The lowest BCUT2D eigenvalue weighted by Crippen LogP contribution is -2.17. The lowest BCUT2D eigenvalue weighted by molar-refractivity contribution is 0.507. The molecule has 0 aliphatic carbocycles. The molecule has 0 atom stereocenters. The van der Waals surface area contributed by atoms with Crippen molar-refractivity contribution in [2.24, 2.45) is 0 Å². The van der Waals surface area contributed by atoms with Gasteiger partial charge in [0.25, 0.3) is 0 Å². The lowest BCUT2D eigenvalue weighted by atomic mass is 9.80. The number of benzene rings is 1. The summed E-state index contributed by atoms with van der Waals surface area (Å²) in [5.74, 6) is 0. The smallest absolute Gasteiger partial charge is 0.0387 e. The Bertz CT molecular complexity index is 356. The van der Waals surface area contributed by atoms with Crippen LogP contribution in [0.4, 0.5) is 5.69 Å². The van der Waals surface area contributed by atoms with E-state index in [9.17, 15) is 0 Å². The van der Waals surface area contributed by atoms with Gasteiger partial charge in [-0.15, -0.1) is 0 Å². The number of hydrogen-bond acceptors (Lipinski definition) is 1. The zero-order valence-electron chi connectivity index (χ0n) is 10.2. The molecule has 0 unspecified atom stereocenters. The predicted octanol–water partition coefficient (Wildman–Crippen LogP) is 4.49. The number of halogens is 1. The minimum atomic E-state index is 0.226. The molecule has 1 nitrogen and oxygen atoms in total. The maximum atomic E-state index is 3.57. The average Bonchev–Trinajstić information content (AvgIpc) is 2.21. The molecule has 0 aliphatic heterocycles. The van der Waals surface area contributed by atoms with Gasteiger partial charge in [0.05, 0.1) is 0 Å². The molecular weight excluding hydrogens is 250 g/mol. The zero-order chi connectivity index (χ0) is 11.6. The van der Waals surface area contributed by atoms with E-state index in [0.29, 0.717) is 0 Å². The Morgan fingerprint density at radius 1 is 1.33 bits per heavy atom. The summed E-state index contributed by atoms with van der Waals surface area (Å²) >= 11 is 3.57. The van der Waals surface area contributed by atoms with E-state index >= 15 is 0 Å². The first kappa shape index (κ1) is 12.6. The molecule has 1 aromatic carbocycles. The van der Waals surface area contributed by atoms with Gasteiger partial charge in [0.2, 0.25) is 0 Å². The van der Waals surface area contributed by atoms with Crippen LogP contribution in [-0.2, 0) is 5.41 Å². The van der Waals surface area contributed by atoms with Gasteiger partial charge in [-0.05, 0) is 36.0 Å². The Balaban J connectivity index is 3.34. The summed E-state index contributed by atoms with van der Waals surface area (Å²) in [7, 11) is 1.98. The predicted molar refractivity (Wildman–Crippen MR) is 71.7 cm³/mol. The summed E-state index contributed by atoms with van der Waals surface area (Å²) in [5, 5.41) is 3.27. The Morgan fingerprint density at radius 2 is 1.93 bits per heavy atom. The first-order valence-electron chi connectivity index (χ1n) is 5.40. The zero-order valence-corrected chi connectivity index (χ0v) is 11.8. The fourth-order valence-corrected chi connectivity index (χ4v) is 1.98. The highest BCUT2D eigenvalue weighted by Crippen LogP contribution is 2.35. The number of aryl methyl sites for hydroxylation is 1. The van der Waals surface area contributed by atoms with Crippen LogP contribution in [0.1, 0.15) is 38.3 Å². The molecule has 0 saturated heterocycles. The third-order valence-electron chi connectivity index (χ3n) is 3.18. The SMILES string of the molecule is CCC(C)(C)c1cc(C)c(Br)cc1NC. The molecule has 1 aromatic rings. The number of rotatable bonds is 3. The standard InChI is InChI=1S/C13H20BrN/c1-6-13(3,4)10-7-9(2)11(14)8-12(10)15-5/h7-8,15H,6H2,1-5H3. The topological polar surface area (TPSA) is 12.0 Å². The van der Waals surface area contributed by atoms with Crippen LogP contribution in [-0.4, -0.2) is 7.05 Å². The summed E-state index contributed by atoms with van der Waals surface area (Å²) in [6.07, 6.45) is 1.14. The second kappa shape index (κ2) is 4.56. The molecule has 84 valence electrons. The van der Waals surface area contributed by atoms with E-state index in [-0.39, 0.29) is 5.41 Å². The van der Waals surface area contributed by atoms with Crippen LogP contribution in [0.2, 0.25) is 0 Å². The van der Waals surface area contributed by atoms with E-state index < -0.39 is 0 Å². The summed E-state index contributed by atoms with van der Waals surface area (Å²) in [6.45, 7) is 8.95. The van der Waals surface area contributed by atoms with Crippen molar-refractivity contribution in [3.63, 3.8) is 0 Å². The second-order valence-corrected chi connectivity index (χ2v) is 5.49. The molecule has 1 rings (SSSR count). The van der Waals surface area contributed by atoms with Crippen LogP contribution in [0.5, 0.6) is 0 Å². The fraction of sp³-hybridized carbons (Fsp3) is 0.538. The van der Waals surface area contributed by atoms with Crippen LogP contribution in [0, 0.1) is 6.92 Å². The molecule has 0 amide bonds. The van der Waals surface area contributed by atoms with Crippen molar-refractivity contribution in [1.29, 1.82) is 0 Å². The van der Waals surface area contributed by atoms with E-state index in [2.05, 4.69) is 61.1 Å². The number of hydrogen-bond donors (Lipinski definition) is 1. The molecule has 0 bridgehead atoms. The van der Waals surface area contributed by atoms with E-state index in [1.807, 2.05) is 7.05 Å². The van der Waals surface area contributed by atoms with Gasteiger partial charge in [-0.3, -0.25) is 0 Å². The van der Waals surface area contributed by atoms with Crippen molar-refractivity contribution >= 4 is 21.6 Å². The molecule has 0 aliphatic rings. The molecule has 15 heavy (non-hydrogen) atoms. The third-order valence-corrected chi connectivity index (χ3v) is 4.04. The van der Waals surface area contributed by atoms with Crippen molar-refractivity contribution < 1.29 is 0 Å². The summed E-state index contributed by atoms with van der Waals surface area (Å²) in [4.78, 5) is 0. The maximum absolute atomic E-state index is 3.57. The minimum absolute atomic E-state index is 0.226. The quantitative estimate of drug-likeness (QED) is 0.853. The van der Waals surface area contributed by atoms with Crippen molar-refractivity contribution in [2.45, 2.75) is 39.5 Å². The molecular formula is C13H20BrN. The van der Waals surface area contributed by atoms with Crippen molar-refractivity contribution in [1.82, 2.24) is 0 Å². The first-order chi connectivity index (χ1) is 6.92. The highest BCUT2D eigenvalue weighted by molar-refractivity contribution is 9.10. The highest BCUT2D eigenvalue weighted by Gasteiger charge is 2.22. The van der Waals surface area contributed by atoms with Gasteiger partial charge in [0.15, 0.2) is 0 Å². The fourth-order valence-electron chi connectivity index (χ4n) is 1.64. The van der Waals surface area contributed by atoms with Gasteiger partial charge in [-0.25, -0.2) is 0 Å². The lowest BCUT2D eigenvalue weighted by Gasteiger charge is -2.27. The maximum Gasteiger partial charge on any atom is 0.0387 e. The van der Waals surface area contributed by atoms with Crippen molar-refractivity contribution in [3.8, 4) is 0 Å². The van der Waals surface area contributed by atoms with E-state index in [0.717, 1.165) is 6.42 Å². The molecule has 2 heteroatoms. The molecule has 0 heterocycles. The van der Waals surface area contributed by atoms with Crippen LogP contribution in [0.25, 0.3) is 0 Å². The Kier molecular flexibility index (Phi) is 3.82. The van der Waals surface area contributed by atoms with Gasteiger partial charge in [-0.2, -0.15) is 0 Å². The third kappa shape index (κ3) is 2.54. The Hall–Kier alpha value is -0.500. The average molecular weight is 270 g/mol. The van der Waals surface area contributed by atoms with Crippen molar-refractivity contribution in [2.75, 3.05) is 12.4 Å². The van der Waals surface area contributed by atoms with E-state index in [4.69, 9.17) is 0 Å². The summed E-state index contributed by atoms with van der Waals surface area (Å²) in [5.41, 5.74) is 4.14. The number of nitrogens with one attached hydrogen (secondary N) is 1. The largest absolute Gasteiger partial charge is 0.388 e. The Labute approximate surface area is 101 Å². The highest BCUT2D eigenvalue weighted by atomic mass is 79.9. The Morgan fingerprint density at radius 3 is 2.40 bits per heavy atom. The van der Waals surface area contributed by atoms with Gasteiger partial charge >= 0.3 is 0 Å². The normalized spacial score (nSPS) is 11.6. The molecule has 0 spiro atoms. The van der Waals surface area contributed by atoms with Gasteiger partial charge < -0.3 is 5.32 Å².